The average molecular weight is 218 g/mol. The minimum Gasteiger partial charge on any atom is -0.464 e. The molecule has 16 heavy (non-hydrogen) atoms. The molecule has 0 amide bonds. The molecule has 1 aliphatic carbocycles. The Balaban J connectivity index is 1.86. The van der Waals surface area contributed by atoms with Crippen LogP contribution in [0.25, 0.3) is 11.3 Å². The van der Waals surface area contributed by atoms with Gasteiger partial charge in [0.15, 0.2) is 0 Å². The third kappa shape index (κ3) is 2.64. The number of hydrogen-bond donors (Lipinski definition) is 0. The van der Waals surface area contributed by atoms with Crippen molar-refractivity contribution in [2.24, 2.45) is 0 Å². The molecule has 86 valence electrons. The van der Waals surface area contributed by atoms with E-state index < -0.39 is 0 Å². The molecule has 0 fully saturated rings. The number of ether oxygens (including phenoxy) is 1. The zero-order valence-corrected chi connectivity index (χ0v) is 9.74. The van der Waals surface area contributed by atoms with Crippen molar-refractivity contribution in [3.63, 3.8) is 0 Å². The zero-order valence-electron chi connectivity index (χ0n) is 9.74. The minimum absolute atomic E-state index is 0.867. The molecule has 0 bridgehead atoms. The Hall–Kier alpha value is -1.28. The molecular formula is C14H18O2. The van der Waals surface area contributed by atoms with Gasteiger partial charge in [0.25, 0.3) is 0 Å². The largest absolute Gasteiger partial charge is 0.464 e. The van der Waals surface area contributed by atoms with E-state index >= 15 is 0 Å². The molecular weight excluding hydrogens is 200 g/mol. The topological polar surface area (TPSA) is 22.4 Å². The van der Waals surface area contributed by atoms with Crippen molar-refractivity contribution < 1.29 is 9.15 Å². The van der Waals surface area contributed by atoms with Crippen molar-refractivity contribution in [1.82, 2.24) is 0 Å². The van der Waals surface area contributed by atoms with Gasteiger partial charge in [0.05, 0.1) is 6.26 Å². The van der Waals surface area contributed by atoms with Crippen molar-refractivity contribution in [2.45, 2.75) is 25.7 Å². The third-order valence-electron chi connectivity index (χ3n) is 2.85. The molecule has 0 N–H and O–H groups in total. The lowest BCUT2D eigenvalue weighted by Crippen LogP contribution is -1.90. The van der Waals surface area contributed by atoms with Gasteiger partial charge in [0, 0.05) is 19.3 Å². The molecule has 0 unspecified atom stereocenters. The van der Waals surface area contributed by atoms with Crippen molar-refractivity contribution in [3.8, 4) is 11.3 Å². The van der Waals surface area contributed by atoms with E-state index in [-0.39, 0.29) is 0 Å². The Bertz CT molecular complexity index is 392. The second-order valence-corrected chi connectivity index (χ2v) is 4.06. The maximum absolute atomic E-state index is 5.54. The van der Waals surface area contributed by atoms with Crippen LogP contribution in [0.1, 0.15) is 24.8 Å². The molecule has 0 atom stereocenters. The second-order valence-electron chi connectivity index (χ2n) is 4.06. The van der Waals surface area contributed by atoms with Crippen molar-refractivity contribution in [1.29, 1.82) is 0 Å². The number of fused-ring (bicyclic) bond motifs is 1. The molecule has 0 aromatic carbocycles. The predicted molar refractivity (Wildman–Crippen MR) is 64.8 cm³/mol. The summed E-state index contributed by atoms with van der Waals surface area (Å²) in [4.78, 5) is 0. The standard InChI is InChI=1S/C14H18O2/c1-15-10-4-2-3-6-12-8-9-13-7-5-11-16-14(12)13/h5,7-9,11H,2-4,6,10H2,1H3. The van der Waals surface area contributed by atoms with E-state index in [1.54, 1.807) is 13.4 Å². The van der Waals surface area contributed by atoms with Crippen LogP contribution in [-0.4, -0.2) is 13.7 Å². The molecule has 0 aromatic rings. The van der Waals surface area contributed by atoms with Crippen molar-refractivity contribution in [3.05, 3.63) is 36.1 Å². The molecule has 2 heteroatoms. The summed E-state index contributed by atoms with van der Waals surface area (Å²) in [6.45, 7) is 0.867. The van der Waals surface area contributed by atoms with Crippen molar-refractivity contribution in [2.75, 3.05) is 13.7 Å². The first kappa shape index (κ1) is 11.2. The molecule has 0 saturated heterocycles. The highest BCUT2D eigenvalue weighted by Crippen LogP contribution is 2.28. The fourth-order valence-corrected chi connectivity index (χ4v) is 1.99. The number of rotatable bonds is 6. The van der Waals surface area contributed by atoms with E-state index in [4.69, 9.17) is 9.15 Å². The van der Waals surface area contributed by atoms with E-state index in [9.17, 15) is 0 Å². The highest BCUT2D eigenvalue weighted by Gasteiger charge is 2.10. The van der Waals surface area contributed by atoms with Crippen LogP contribution in [0.3, 0.4) is 0 Å². The smallest absolute Gasteiger partial charge is 0.136 e. The second kappa shape index (κ2) is 5.71. The SMILES string of the molecule is COCCCCCc1ccc2cccoc1-2. The van der Waals surface area contributed by atoms with Crippen LogP contribution in [0.15, 0.2) is 34.9 Å². The number of hydrogen-bond acceptors (Lipinski definition) is 2. The quantitative estimate of drug-likeness (QED) is 0.689. The highest BCUT2D eigenvalue weighted by molar-refractivity contribution is 5.64. The maximum Gasteiger partial charge on any atom is 0.136 e. The molecule has 2 aliphatic rings. The Morgan fingerprint density at radius 1 is 1.12 bits per heavy atom. The van der Waals surface area contributed by atoms with Gasteiger partial charge in [-0.15, -0.1) is 0 Å². The number of unbranched alkanes of at least 4 members (excludes halogenated alkanes) is 2. The summed E-state index contributed by atoms with van der Waals surface area (Å²) in [6, 6.07) is 8.33. The predicted octanol–water partition coefficient (Wildman–Crippen LogP) is 3.74. The number of aryl methyl sites for hydroxylation is 1. The average Bonchev–Trinajstić information content (AvgIpc) is 2.73. The summed E-state index contributed by atoms with van der Waals surface area (Å²) in [6.07, 6.45) is 6.41. The first-order valence-corrected chi connectivity index (χ1v) is 5.86. The normalized spacial score (nSPS) is 11.1. The lowest BCUT2D eigenvalue weighted by molar-refractivity contribution is 0.192. The summed E-state index contributed by atoms with van der Waals surface area (Å²) in [5, 5.41) is 0. The molecule has 0 aromatic heterocycles. The molecule has 1 heterocycles. The van der Waals surface area contributed by atoms with Gasteiger partial charge in [0.2, 0.25) is 0 Å². The molecule has 0 spiro atoms. The summed E-state index contributed by atoms with van der Waals surface area (Å²) < 4.78 is 10.6. The van der Waals surface area contributed by atoms with Crippen LogP contribution in [0, 0.1) is 0 Å². The van der Waals surface area contributed by atoms with Crippen LogP contribution >= 0.6 is 0 Å². The third-order valence-corrected chi connectivity index (χ3v) is 2.85. The molecule has 2 rings (SSSR count). The lowest BCUT2D eigenvalue weighted by atomic mass is 10.1. The molecule has 0 saturated carbocycles. The van der Waals surface area contributed by atoms with Crippen LogP contribution in [0.5, 0.6) is 0 Å². The van der Waals surface area contributed by atoms with Gasteiger partial charge >= 0.3 is 0 Å². The monoisotopic (exact) mass is 218 g/mol. The van der Waals surface area contributed by atoms with Gasteiger partial charge in [-0.3, -0.25) is 0 Å². The summed E-state index contributed by atoms with van der Waals surface area (Å²) in [5.74, 6) is 1.05. The molecule has 1 aliphatic heterocycles. The Morgan fingerprint density at radius 3 is 2.94 bits per heavy atom. The van der Waals surface area contributed by atoms with Crippen LogP contribution in [-0.2, 0) is 11.2 Å². The van der Waals surface area contributed by atoms with E-state index in [0.717, 1.165) is 25.2 Å². The van der Waals surface area contributed by atoms with Crippen LogP contribution in [0.2, 0.25) is 0 Å². The van der Waals surface area contributed by atoms with E-state index in [1.165, 1.54) is 24.0 Å². The Morgan fingerprint density at radius 2 is 2.06 bits per heavy atom. The van der Waals surface area contributed by atoms with Gasteiger partial charge in [-0.25, -0.2) is 0 Å². The van der Waals surface area contributed by atoms with Gasteiger partial charge in [0.1, 0.15) is 5.76 Å². The van der Waals surface area contributed by atoms with Crippen LogP contribution in [0.4, 0.5) is 0 Å². The minimum atomic E-state index is 0.867. The van der Waals surface area contributed by atoms with E-state index in [1.807, 2.05) is 6.07 Å². The lowest BCUT2D eigenvalue weighted by Gasteiger charge is -2.03. The Kier molecular flexibility index (Phi) is 4.00. The van der Waals surface area contributed by atoms with Crippen LogP contribution < -0.4 is 0 Å². The van der Waals surface area contributed by atoms with E-state index in [2.05, 4.69) is 18.2 Å². The highest BCUT2D eigenvalue weighted by atomic mass is 16.5. The summed E-state index contributed by atoms with van der Waals surface area (Å²) in [7, 11) is 1.75. The fourth-order valence-electron chi connectivity index (χ4n) is 1.99. The fraction of sp³-hybridized carbons (Fsp3) is 0.429. The van der Waals surface area contributed by atoms with Gasteiger partial charge in [-0.1, -0.05) is 18.6 Å². The Labute approximate surface area is 96.6 Å². The van der Waals surface area contributed by atoms with Gasteiger partial charge in [-0.05, 0) is 37.0 Å². The first-order chi connectivity index (χ1) is 7.92. The zero-order chi connectivity index (χ0) is 11.2. The molecule has 0 radical (unpaired) electrons. The number of methoxy groups -OCH3 is 1. The summed E-state index contributed by atoms with van der Waals surface area (Å²) >= 11 is 0. The van der Waals surface area contributed by atoms with Gasteiger partial charge in [-0.2, -0.15) is 0 Å². The first-order valence-electron chi connectivity index (χ1n) is 5.86. The van der Waals surface area contributed by atoms with Gasteiger partial charge < -0.3 is 9.15 Å². The van der Waals surface area contributed by atoms with E-state index in [0.29, 0.717) is 0 Å². The molecule has 2 nitrogen and oxygen atoms in total. The van der Waals surface area contributed by atoms with Crippen molar-refractivity contribution >= 4 is 0 Å². The maximum atomic E-state index is 5.54. The summed E-state index contributed by atoms with van der Waals surface area (Å²) in [5.41, 5.74) is 2.53.